The van der Waals surface area contributed by atoms with Crippen LogP contribution in [0.5, 0.6) is 0 Å². The molecule has 4 aromatic rings. The third-order valence-corrected chi connectivity index (χ3v) is 7.49. The number of nitrogens with zero attached hydrogens (tertiary/aromatic N) is 4. The van der Waals surface area contributed by atoms with Gasteiger partial charge in [-0.05, 0) is 36.6 Å². The first-order valence-corrected chi connectivity index (χ1v) is 12.8. The Kier molecular flexibility index (Phi) is 6.50. The number of thioether (sulfide) groups is 1. The third kappa shape index (κ3) is 4.70. The van der Waals surface area contributed by atoms with Crippen LogP contribution in [0.1, 0.15) is 0 Å². The van der Waals surface area contributed by atoms with E-state index in [4.69, 9.17) is 14.1 Å². The van der Waals surface area contributed by atoms with Gasteiger partial charge in [0.2, 0.25) is 5.91 Å². The molecule has 172 valence electrons. The van der Waals surface area contributed by atoms with Gasteiger partial charge in [0.25, 0.3) is 0 Å². The van der Waals surface area contributed by atoms with Gasteiger partial charge in [-0.2, -0.15) is 0 Å². The van der Waals surface area contributed by atoms with Gasteiger partial charge in [-0.3, -0.25) is 19.2 Å². The Morgan fingerprint density at radius 2 is 2.03 bits per heavy atom. The fourth-order valence-corrected chi connectivity index (χ4v) is 5.48. The third-order valence-electron chi connectivity index (χ3n) is 5.73. The topological polar surface area (TPSA) is 80.8 Å². The van der Waals surface area contributed by atoms with Crippen LogP contribution in [0.3, 0.4) is 0 Å². The van der Waals surface area contributed by atoms with Crippen molar-refractivity contribution in [1.82, 2.24) is 14.5 Å². The number of amides is 1. The standard InChI is InChI=1S/C23H24N4O4S2/c1-32-16-6-7-17-20(14-16)33-22(24-17)26(9-8-25-10-12-30-13-11-25)21(28)15-27-18-4-2-3-5-19(18)31-23(27)29/h2-7,14H,8-13,15H2,1H3. The smallest absolute Gasteiger partial charge is 0.408 e. The molecule has 1 amide bonds. The molecule has 1 aliphatic heterocycles. The molecule has 2 aromatic heterocycles. The number of carbonyl (C=O) groups excluding carboxylic acids is 1. The van der Waals surface area contributed by atoms with Gasteiger partial charge in [-0.25, -0.2) is 9.78 Å². The van der Waals surface area contributed by atoms with Crippen LogP contribution < -0.4 is 10.7 Å². The van der Waals surface area contributed by atoms with Crippen molar-refractivity contribution in [1.29, 1.82) is 0 Å². The Morgan fingerprint density at radius 1 is 1.21 bits per heavy atom. The molecule has 2 aromatic carbocycles. The maximum Gasteiger partial charge on any atom is 0.420 e. The average Bonchev–Trinajstić information content (AvgIpc) is 3.40. The number of morpholine rings is 1. The maximum atomic E-state index is 13.5. The number of benzene rings is 2. The second-order valence-electron chi connectivity index (χ2n) is 7.75. The second-order valence-corrected chi connectivity index (χ2v) is 9.64. The summed E-state index contributed by atoms with van der Waals surface area (Å²) in [4.78, 5) is 35.8. The summed E-state index contributed by atoms with van der Waals surface area (Å²) in [5.41, 5.74) is 1.94. The zero-order chi connectivity index (χ0) is 22.8. The number of carbonyl (C=O) groups is 1. The van der Waals surface area contributed by atoms with E-state index in [1.54, 1.807) is 34.9 Å². The highest BCUT2D eigenvalue weighted by Crippen LogP contribution is 2.32. The first-order chi connectivity index (χ1) is 16.1. The number of fused-ring (bicyclic) bond motifs is 2. The fourth-order valence-electron chi connectivity index (χ4n) is 3.91. The fraction of sp³-hybridized carbons (Fsp3) is 0.348. The van der Waals surface area contributed by atoms with Crippen molar-refractivity contribution in [3.8, 4) is 0 Å². The van der Waals surface area contributed by atoms with Crippen molar-refractivity contribution in [2.75, 3.05) is 50.5 Å². The lowest BCUT2D eigenvalue weighted by Gasteiger charge is -2.29. The Morgan fingerprint density at radius 3 is 2.85 bits per heavy atom. The van der Waals surface area contributed by atoms with Crippen molar-refractivity contribution >= 4 is 55.5 Å². The van der Waals surface area contributed by atoms with E-state index in [9.17, 15) is 9.59 Å². The van der Waals surface area contributed by atoms with Crippen molar-refractivity contribution < 1.29 is 13.9 Å². The zero-order valence-corrected chi connectivity index (χ0v) is 19.9. The van der Waals surface area contributed by atoms with Crippen LogP contribution in [-0.4, -0.2) is 66.0 Å². The predicted octanol–water partition coefficient (Wildman–Crippen LogP) is 3.29. The predicted molar refractivity (Wildman–Crippen MR) is 131 cm³/mol. The van der Waals surface area contributed by atoms with Crippen LogP contribution in [0.2, 0.25) is 0 Å². The van der Waals surface area contributed by atoms with Crippen molar-refractivity contribution in [2.45, 2.75) is 11.4 Å². The number of anilines is 1. The largest absolute Gasteiger partial charge is 0.420 e. The molecule has 5 rings (SSSR count). The molecular formula is C23H24N4O4S2. The van der Waals surface area contributed by atoms with Crippen LogP contribution >= 0.6 is 23.1 Å². The number of thiazole rings is 1. The monoisotopic (exact) mass is 484 g/mol. The quantitative estimate of drug-likeness (QED) is 0.372. The first kappa shape index (κ1) is 22.1. The highest BCUT2D eigenvalue weighted by Gasteiger charge is 2.23. The molecule has 1 saturated heterocycles. The van der Waals surface area contributed by atoms with Crippen molar-refractivity contribution in [3.05, 3.63) is 53.0 Å². The number of oxazole rings is 1. The van der Waals surface area contributed by atoms with Crippen LogP contribution in [-0.2, 0) is 16.1 Å². The minimum Gasteiger partial charge on any atom is -0.408 e. The number of para-hydroxylation sites is 2. The number of hydrogen-bond donors (Lipinski definition) is 0. The van der Waals surface area contributed by atoms with Crippen molar-refractivity contribution in [3.63, 3.8) is 0 Å². The van der Waals surface area contributed by atoms with Gasteiger partial charge < -0.3 is 9.15 Å². The van der Waals surface area contributed by atoms with Gasteiger partial charge >= 0.3 is 5.76 Å². The molecule has 3 heterocycles. The van der Waals surface area contributed by atoms with E-state index in [0.29, 0.717) is 42.5 Å². The van der Waals surface area contributed by atoms with Gasteiger partial charge in [-0.15, -0.1) is 11.8 Å². The molecule has 1 aliphatic rings. The highest BCUT2D eigenvalue weighted by molar-refractivity contribution is 7.98. The molecule has 10 heteroatoms. The lowest BCUT2D eigenvalue weighted by atomic mass is 10.3. The molecule has 33 heavy (non-hydrogen) atoms. The van der Waals surface area contributed by atoms with Crippen molar-refractivity contribution in [2.24, 2.45) is 0 Å². The van der Waals surface area contributed by atoms with Crippen LogP contribution in [0.25, 0.3) is 21.3 Å². The van der Waals surface area contributed by atoms with E-state index < -0.39 is 5.76 Å². The molecule has 0 spiro atoms. The van der Waals surface area contributed by atoms with E-state index >= 15 is 0 Å². The molecule has 0 aliphatic carbocycles. The normalized spacial score (nSPS) is 14.8. The Bertz CT molecular complexity index is 1340. The number of ether oxygens (including phenoxy) is 1. The summed E-state index contributed by atoms with van der Waals surface area (Å²) in [6, 6.07) is 13.3. The zero-order valence-electron chi connectivity index (χ0n) is 18.2. The summed E-state index contributed by atoms with van der Waals surface area (Å²) in [7, 11) is 0. The summed E-state index contributed by atoms with van der Waals surface area (Å²) < 4.78 is 13.2. The summed E-state index contributed by atoms with van der Waals surface area (Å²) in [6.07, 6.45) is 2.04. The Hall–Kier alpha value is -2.66. The van der Waals surface area contributed by atoms with E-state index in [1.165, 1.54) is 15.9 Å². The summed E-state index contributed by atoms with van der Waals surface area (Å²) in [5, 5.41) is 0.641. The van der Waals surface area contributed by atoms with Gasteiger partial charge in [0.15, 0.2) is 10.7 Å². The van der Waals surface area contributed by atoms with E-state index in [0.717, 1.165) is 28.2 Å². The first-order valence-electron chi connectivity index (χ1n) is 10.8. The van der Waals surface area contributed by atoms with Crippen LogP contribution in [0.4, 0.5) is 5.13 Å². The Balaban J connectivity index is 1.45. The SMILES string of the molecule is CSc1ccc2nc(N(CCN3CCOCC3)C(=O)Cn3c(=O)oc4ccccc43)sc2c1. The molecule has 0 atom stereocenters. The molecule has 8 nitrogen and oxygen atoms in total. The Labute approximate surface area is 198 Å². The summed E-state index contributed by atoms with van der Waals surface area (Å²) in [6.45, 7) is 4.16. The molecule has 0 N–H and O–H groups in total. The summed E-state index contributed by atoms with van der Waals surface area (Å²) >= 11 is 3.17. The van der Waals surface area contributed by atoms with Gasteiger partial charge in [0, 0.05) is 31.1 Å². The number of hydrogen-bond acceptors (Lipinski definition) is 8. The highest BCUT2D eigenvalue weighted by atomic mass is 32.2. The summed E-state index contributed by atoms with van der Waals surface area (Å²) in [5.74, 6) is -0.729. The minimum atomic E-state index is -0.536. The van der Waals surface area contributed by atoms with E-state index in [-0.39, 0.29) is 12.5 Å². The molecule has 1 fully saturated rings. The molecule has 0 saturated carbocycles. The second kappa shape index (κ2) is 9.68. The van der Waals surface area contributed by atoms with Gasteiger partial charge in [0.05, 0.1) is 28.9 Å². The molecule has 0 bridgehead atoms. The lowest BCUT2D eigenvalue weighted by molar-refractivity contribution is -0.119. The van der Waals surface area contributed by atoms with Gasteiger partial charge in [0.1, 0.15) is 6.54 Å². The molecule has 0 radical (unpaired) electrons. The molecular weight excluding hydrogens is 460 g/mol. The van der Waals surface area contributed by atoms with E-state index in [1.807, 2.05) is 24.5 Å². The number of aromatic nitrogens is 2. The minimum absolute atomic E-state index is 0.106. The molecule has 0 unspecified atom stereocenters. The van der Waals surface area contributed by atoms with Gasteiger partial charge in [-0.1, -0.05) is 23.5 Å². The average molecular weight is 485 g/mol. The maximum absolute atomic E-state index is 13.5. The van der Waals surface area contributed by atoms with Crippen LogP contribution in [0.15, 0.2) is 56.6 Å². The lowest BCUT2D eigenvalue weighted by Crippen LogP contribution is -2.44. The van der Waals surface area contributed by atoms with E-state index in [2.05, 4.69) is 11.0 Å². The number of rotatable bonds is 7. The van der Waals surface area contributed by atoms with Crippen LogP contribution in [0, 0.1) is 0 Å².